The third-order valence-electron chi connectivity index (χ3n) is 5.31. The molecule has 6 heteroatoms. The molecule has 1 amide bonds. The number of carbonyl (C=O) groups excluding carboxylic acids is 1. The largest absolute Gasteiger partial charge is 0.353 e. The van der Waals surface area contributed by atoms with Crippen LogP contribution in [0.1, 0.15) is 28.4 Å². The van der Waals surface area contributed by atoms with Gasteiger partial charge in [0.05, 0.1) is 0 Å². The van der Waals surface area contributed by atoms with E-state index in [1.807, 2.05) is 43.0 Å². The Hall–Kier alpha value is -2.47. The Bertz CT molecular complexity index is 812. The molecule has 0 spiro atoms. The fourth-order valence-electron chi connectivity index (χ4n) is 3.66. The molecular formula is C21H29N5O. The highest BCUT2D eigenvalue weighted by Crippen LogP contribution is 2.24. The Morgan fingerprint density at radius 2 is 1.78 bits per heavy atom. The SMILES string of the molecule is Cc1cccc([C@H](C(=O)N2CCN(c3ncnc(C)c3C)CC2)N(C)C)c1. The van der Waals surface area contributed by atoms with Gasteiger partial charge in [-0.3, -0.25) is 9.69 Å². The van der Waals surface area contributed by atoms with E-state index in [4.69, 9.17) is 0 Å². The summed E-state index contributed by atoms with van der Waals surface area (Å²) in [5, 5.41) is 0. The summed E-state index contributed by atoms with van der Waals surface area (Å²) in [6, 6.07) is 7.97. The minimum atomic E-state index is -0.250. The number of amides is 1. The van der Waals surface area contributed by atoms with Crippen LogP contribution in [0.15, 0.2) is 30.6 Å². The number of aryl methyl sites for hydroxylation is 2. The van der Waals surface area contributed by atoms with Crippen molar-refractivity contribution in [2.45, 2.75) is 26.8 Å². The van der Waals surface area contributed by atoms with Gasteiger partial charge < -0.3 is 9.80 Å². The quantitative estimate of drug-likeness (QED) is 0.830. The third kappa shape index (κ3) is 4.11. The molecule has 1 aromatic carbocycles. The molecule has 0 N–H and O–H groups in total. The van der Waals surface area contributed by atoms with Crippen molar-refractivity contribution in [3.05, 3.63) is 53.0 Å². The van der Waals surface area contributed by atoms with Gasteiger partial charge in [0.15, 0.2) is 0 Å². The van der Waals surface area contributed by atoms with E-state index in [0.29, 0.717) is 13.1 Å². The molecule has 0 radical (unpaired) electrons. The van der Waals surface area contributed by atoms with E-state index in [9.17, 15) is 4.79 Å². The van der Waals surface area contributed by atoms with Crippen molar-refractivity contribution < 1.29 is 4.79 Å². The molecule has 0 aliphatic carbocycles. The number of benzene rings is 1. The van der Waals surface area contributed by atoms with E-state index < -0.39 is 0 Å². The second-order valence-electron chi connectivity index (χ2n) is 7.50. The van der Waals surface area contributed by atoms with Gasteiger partial charge in [0.1, 0.15) is 18.2 Å². The summed E-state index contributed by atoms with van der Waals surface area (Å²) in [7, 11) is 3.93. The van der Waals surface area contributed by atoms with Gasteiger partial charge in [-0.15, -0.1) is 0 Å². The van der Waals surface area contributed by atoms with Gasteiger partial charge in [-0.25, -0.2) is 9.97 Å². The van der Waals surface area contributed by atoms with E-state index in [0.717, 1.165) is 35.7 Å². The first kappa shape index (κ1) is 19.3. The molecule has 3 rings (SSSR count). The van der Waals surface area contributed by atoms with Gasteiger partial charge in [0.25, 0.3) is 0 Å². The minimum absolute atomic E-state index is 0.167. The highest BCUT2D eigenvalue weighted by molar-refractivity contribution is 5.83. The molecular weight excluding hydrogens is 338 g/mol. The van der Waals surface area contributed by atoms with Crippen LogP contribution in [0.3, 0.4) is 0 Å². The van der Waals surface area contributed by atoms with Crippen LogP contribution in [0.2, 0.25) is 0 Å². The smallest absolute Gasteiger partial charge is 0.244 e. The minimum Gasteiger partial charge on any atom is -0.353 e. The summed E-state index contributed by atoms with van der Waals surface area (Å²) >= 11 is 0. The topological polar surface area (TPSA) is 52.6 Å². The second kappa shape index (κ2) is 8.05. The number of nitrogens with zero attached hydrogens (tertiary/aromatic N) is 5. The van der Waals surface area contributed by atoms with Crippen LogP contribution in [0, 0.1) is 20.8 Å². The van der Waals surface area contributed by atoms with Crippen LogP contribution in [-0.2, 0) is 4.79 Å². The zero-order valence-electron chi connectivity index (χ0n) is 16.9. The Morgan fingerprint density at radius 3 is 2.41 bits per heavy atom. The molecule has 0 unspecified atom stereocenters. The maximum Gasteiger partial charge on any atom is 0.244 e. The molecule has 1 atom stereocenters. The van der Waals surface area contributed by atoms with Crippen molar-refractivity contribution in [3.63, 3.8) is 0 Å². The Morgan fingerprint density at radius 1 is 1.07 bits per heavy atom. The molecule has 144 valence electrons. The monoisotopic (exact) mass is 367 g/mol. The van der Waals surface area contributed by atoms with Crippen molar-refractivity contribution in [3.8, 4) is 0 Å². The lowest BCUT2D eigenvalue weighted by Crippen LogP contribution is -2.52. The van der Waals surface area contributed by atoms with Gasteiger partial charge in [0.2, 0.25) is 5.91 Å². The maximum absolute atomic E-state index is 13.3. The van der Waals surface area contributed by atoms with Crippen LogP contribution in [0.5, 0.6) is 0 Å². The average molecular weight is 367 g/mol. The molecule has 0 saturated carbocycles. The zero-order valence-corrected chi connectivity index (χ0v) is 16.9. The number of piperazine rings is 1. The standard InChI is InChI=1S/C21H29N5O/c1-15-7-6-8-18(13-15)19(24(4)5)21(27)26-11-9-25(10-12-26)20-16(2)17(3)22-14-23-20/h6-8,13-14,19H,9-12H2,1-5H3/t19-/m1/s1. The van der Waals surface area contributed by atoms with E-state index in [1.165, 1.54) is 5.56 Å². The molecule has 1 aliphatic rings. The zero-order chi connectivity index (χ0) is 19.6. The first-order valence-electron chi connectivity index (χ1n) is 9.43. The van der Waals surface area contributed by atoms with Crippen molar-refractivity contribution >= 4 is 11.7 Å². The van der Waals surface area contributed by atoms with Crippen molar-refractivity contribution in [1.82, 2.24) is 19.8 Å². The number of hydrogen-bond donors (Lipinski definition) is 0. The number of aromatic nitrogens is 2. The van der Waals surface area contributed by atoms with E-state index in [1.54, 1.807) is 6.33 Å². The van der Waals surface area contributed by atoms with Gasteiger partial charge in [-0.2, -0.15) is 0 Å². The summed E-state index contributed by atoms with van der Waals surface area (Å²) in [5.41, 5.74) is 4.34. The lowest BCUT2D eigenvalue weighted by atomic mass is 10.0. The first-order chi connectivity index (χ1) is 12.9. The van der Waals surface area contributed by atoms with Crippen LogP contribution >= 0.6 is 0 Å². The lowest BCUT2D eigenvalue weighted by Gasteiger charge is -2.38. The number of likely N-dealkylation sites (N-methyl/N-ethyl adjacent to an activating group) is 1. The average Bonchev–Trinajstić information content (AvgIpc) is 2.64. The third-order valence-corrected chi connectivity index (χ3v) is 5.31. The number of hydrogen-bond acceptors (Lipinski definition) is 5. The molecule has 6 nitrogen and oxygen atoms in total. The first-order valence-corrected chi connectivity index (χ1v) is 9.43. The van der Waals surface area contributed by atoms with Crippen molar-refractivity contribution in [2.24, 2.45) is 0 Å². The normalized spacial score (nSPS) is 15.9. The van der Waals surface area contributed by atoms with Gasteiger partial charge in [0, 0.05) is 37.4 Å². The predicted molar refractivity (Wildman–Crippen MR) is 108 cm³/mol. The molecule has 1 saturated heterocycles. The molecule has 1 fully saturated rings. The van der Waals surface area contributed by atoms with Crippen LogP contribution in [-0.4, -0.2) is 65.9 Å². The fraction of sp³-hybridized carbons (Fsp3) is 0.476. The van der Waals surface area contributed by atoms with Crippen LogP contribution in [0.25, 0.3) is 0 Å². The summed E-state index contributed by atoms with van der Waals surface area (Å²) in [6.45, 7) is 9.11. The molecule has 0 bridgehead atoms. The molecule has 2 heterocycles. The second-order valence-corrected chi connectivity index (χ2v) is 7.50. The summed E-state index contributed by atoms with van der Waals surface area (Å²) in [4.78, 5) is 28.2. The number of anilines is 1. The fourth-order valence-corrected chi connectivity index (χ4v) is 3.66. The summed E-state index contributed by atoms with van der Waals surface area (Å²) in [6.07, 6.45) is 1.62. The number of rotatable bonds is 4. The van der Waals surface area contributed by atoms with Gasteiger partial charge >= 0.3 is 0 Å². The molecule has 1 aromatic heterocycles. The Kier molecular flexibility index (Phi) is 5.75. The molecule has 1 aliphatic heterocycles. The molecule has 27 heavy (non-hydrogen) atoms. The van der Waals surface area contributed by atoms with Crippen LogP contribution in [0.4, 0.5) is 5.82 Å². The highest BCUT2D eigenvalue weighted by Gasteiger charge is 2.30. The Labute approximate surface area is 161 Å². The number of carbonyl (C=O) groups is 1. The van der Waals surface area contributed by atoms with Crippen molar-refractivity contribution in [1.29, 1.82) is 0 Å². The van der Waals surface area contributed by atoms with Gasteiger partial charge in [-0.1, -0.05) is 29.8 Å². The highest BCUT2D eigenvalue weighted by atomic mass is 16.2. The maximum atomic E-state index is 13.3. The van der Waals surface area contributed by atoms with Gasteiger partial charge in [-0.05, 0) is 40.4 Å². The van der Waals surface area contributed by atoms with E-state index >= 15 is 0 Å². The van der Waals surface area contributed by atoms with E-state index in [2.05, 4.69) is 40.8 Å². The van der Waals surface area contributed by atoms with E-state index in [-0.39, 0.29) is 11.9 Å². The lowest BCUT2D eigenvalue weighted by molar-refractivity contribution is -0.136. The Balaban J connectivity index is 1.72. The summed E-state index contributed by atoms with van der Waals surface area (Å²) in [5.74, 6) is 1.15. The summed E-state index contributed by atoms with van der Waals surface area (Å²) < 4.78 is 0. The predicted octanol–water partition coefficient (Wildman–Crippen LogP) is 2.35. The van der Waals surface area contributed by atoms with Crippen LogP contribution < -0.4 is 4.90 Å². The molecule has 2 aromatic rings. The van der Waals surface area contributed by atoms with Crippen molar-refractivity contribution in [2.75, 3.05) is 45.2 Å².